The molecule has 7 nitrogen and oxygen atoms in total. The Balaban J connectivity index is 1.42. The smallest absolute Gasteiger partial charge is 0.279 e. The highest BCUT2D eigenvalue weighted by Gasteiger charge is 2.63. The molecule has 5 atom stereocenters. The number of carbonyl (C=O) groups excluding carboxylic acids is 3. The summed E-state index contributed by atoms with van der Waals surface area (Å²) in [5, 5.41) is 0.863. The molecule has 25 heavy (non-hydrogen) atoms. The molecule has 4 rings (SSSR count). The number of nitrogens with one attached hydrogen (secondary N) is 1. The average Bonchev–Trinajstić information content (AvgIpc) is 3.24. The fraction of sp³-hybridized carbons (Fsp3) is 0.500. The van der Waals surface area contributed by atoms with Gasteiger partial charge < -0.3 is 9.47 Å². The third-order valence-electron chi connectivity index (χ3n) is 5.18. The number of nitrogens with zero attached hydrogens (tertiary/aromatic N) is 1. The summed E-state index contributed by atoms with van der Waals surface area (Å²) in [6.07, 6.45) is 0.346. The van der Waals surface area contributed by atoms with E-state index < -0.39 is 23.8 Å². The van der Waals surface area contributed by atoms with Crippen LogP contribution in [0.3, 0.4) is 0 Å². The molecule has 0 spiro atoms. The van der Waals surface area contributed by atoms with Crippen LogP contribution in [0.2, 0.25) is 0 Å². The zero-order valence-corrected chi connectivity index (χ0v) is 14.1. The van der Waals surface area contributed by atoms with E-state index in [0.717, 1.165) is 23.4 Å². The first-order valence-corrected chi connectivity index (χ1v) is 8.53. The van der Waals surface area contributed by atoms with Crippen LogP contribution in [0.4, 0.5) is 0 Å². The third kappa shape index (κ3) is 2.59. The molecule has 0 saturated carbocycles. The number of benzene rings is 1. The molecule has 3 heterocycles. The van der Waals surface area contributed by atoms with Crippen molar-refractivity contribution in [1.29, 1.82) is 0 Å². The van der Waals surface area contributed by atoms with Gasteiger partial charge in [-0.2, -0.15) is 5.01 Å². The lowest BCUT2D eigenvalue weighted by molar-refractivity contribution is -0.153. The van der Waals surface area contributed by atoms with E-state index in [1.54, 1.807) is 13.0 Å². The molecule has 7 heteroatoms. The molecule has 3 fully saturated rings. The first-order chi connectivity index (χ1) is 12.0. The Morgan fingerprint density at radius 2 is 1.88 bits per heavy atom. The lowest BCUT2D eigenvalue weighted by Gasteiger charge is -2.21. The van der Waals surface area contributed by atoms with Crippen molar-refractivity contribution in [1.82, 2.24) is 10.4 Å². The van der Waals surface area contributed by atoms with Crippen LogP contribution in [0.25, 0.3) is 0 Å². The lowest BCUT2D eigenvalue weighted by atomic mass is 9.81. The van der Waals surface area contributed by atoms with Crippen molar-refractivity contribution in [2.24, 2.45) is 11.8 Å². The summed E-state index contributed by atoms with van der Waals surface area (Å²) < 4.78 is 11.3. The SMILES string of the molecule is Cc1cccc(OC(C)C(=O)NN2C(=O)C3C4CCC(O4)C3C2=O)c1. The highest BCUT2D eigenvalue weighted by molar-refractivity contribution is 6.07. The van der Waals surface area contributed by atoms with Crippen molar-refractivity contribution in [3.8, 4) is 5.75 Å². The van der Waals surface area contributed by atoms with Gasteiger partial charge in [0.25, 0.3) is 17.7 Å². The molecule has 1 aromatic carbocycles. The summed E-state index contributed by atoms with van der Waals surface area (Å²) in [5.41, 5.74) is 3.44. The summed E-state index contributed by atoms with van der Waals surface area (Å²) >= 11 is 0. The number of carbonyl (C=O) groups is 3. The summed E-state index contributed by atoms with van der Waals surface area (Å²) in [6.45, 7) is 3.50. The Kier molecular flexibility index (Phi) is 3.76. The molecule has 3 aliphatic rings. The monoisotopic (exact) mass is 344 g/mol. The maximum Gasteiger partial charge on any atom is 0.279 e. The number of ether oxygens (including phenoxy) is 2. The number of imide groups is 1. The molecule has 2 bridgehead atoms. The Morgan fingerprint density at radius 3 is 2.48 bits per heavy atom. The van der Waals surface area contributed by atoms with E-state index in [4.69, 9.17) is 9.47 Å². The number of fused-ring (bicyclic) bond motifs is 5. The quantitative estimate of drug-likeness (QED) is 0.822. The molecule has 1 aromatic rings. The molecule has 3 aliphatic heterocycles. The third-order valence-corrected chi connectivity index (χ3v) is 5.18. The fourth-order valence-electron chi connectivity index (χ4n) is 3.97. The van der Waals surface area contributed by atoms with E-state index in [0.29, 0.717) is 5.75 Å². The van der Waals surface area contributed by atoms with Gasteiger partial charge in [-0.25, -0.2) is 0 Å². The minimum absolute atomic E-state index is 0.200. The number of hydrazine groups is 1. The number of amides is 3. The van der Waals surface area contributed by atoms with Crippen LogP contribution in [0, 0.1) is 18.8 Å². The van der Waals surface area contributed by atoms with Gasteiger partial charge in [0.15, 0.2) is 6.10 Å². The maximum atomic E-state index is 12.5. The van der Waals surface area contributed by atoms with E-state index >= 15 is 0 Å². The van der Waals surface area contributed by atoms with Gasteiger partial charge >= 0.3 is 0 Å². The maximum absolute atomic E-state index is 12.5. The lowest BCUT2D eigenvalue weighted by Crippen LogP contribution is -2.51. The van der Waals surface area contributed by atoms with Crippen molar-refractivity contribution in [2.45, 2.75) is 45.0 Å². The van der Waals surface area contributed by atoms with Crippen molar-refractivity contribution < 1.29 is 23.9 Å². The Labute approximate surface area is 145 Å². The molecule has 1 N–H and O–H groups in total. The zero-order chi connectivity index (χ0) is 17.7. The van der Waals surface area contributed by atoms with Gasteiger partial charge in [-0.05, 0) is 44.4 Å². The minimum atomic E-state index is -0.837. The number of hydrogen-bond donors (Lipinski definition) is 1. The van der Waals surface area contributed by atoms with Crippen molar-refractivity contribution in [2.75, 3.05) is 0 Å². The molecule has 0 aliphatic carbocycles. The molecule has 0 radical (unpaired) electrons. The first-order valence-electron chi connectivity index (χ1n) is 8.53. The van der Waals surface area contributed by atoms with Gasteiger partial charge in [-0.15, -0.1) is 0 Å². The Morgan fingerprint density at radius 1 is 1.24 bits per heavy atom. The molecule has 0 aromatic heterocycles. The molecular formula is C18H20N2O5. The van der Waals surface area contributed by atoms with Gasteiger partial charge in [-0.3, -0.25) is 19.8 Å². The Bertz CT molecular complexity index is 721. The van der Waals surface area contributed by atoms with Crippen LogP contribution in [-0.2, 0) is 19.1 Å². The van der Waals surface area contributed by atoms with E-state index in [9.17, 15) is 14.4 Å². The van der Waals surface area contributed by atoms with Gasteiger partial charge in [0.05, 0.1) is 24.0 Å². The number of hydrogen-bond acceptors (Lipinski definition) is 5. The molecular weight excluding hydrogens is 324 g/mol. The van der Waals surface area contributed by atoms with E-state index in [-0.39, 0.29) is 24.0 Å². The normalized spacial score (nSPS) is 31.2. The number of aryl methyl sites for hydroxylation is 1. The number of rotatable bonds is 4. The van der Waals surface area contributed by atoms with Crippen LogP contribution >= 0.6 is 0 Å². The van der Waals surface area contributed by atoms with Gasteiger partial charge in [0.2, 0.25) is 0 Å². The summed E-state index contributed by atoms with van der Waals surface area (Å²) in [4.78, 5) is 37.4. The van der Waals surface area contributed by atoms with Crippen LogP contribution in [-0.4, -0.2) is 41.0 Å². The molecule has 5 unspecified atom stereocenters. The van der Waals surface area contributed by atoms with Crippen LogP contribution < -0.4 is 10.2 Å². The van der Waals surface area contributed by atoms with Gasteiger partial charge in [0.1, 0.15) is 5.75 Å². The highest BCUT2D eigenvalue weighted by Crippen LogP contribution is 2.48. The van der Waals surface area contributed by atoms with Crippen LogP contribution in [0.1, 0.15) is 25.3 Å². The minimum Gasteiger partial charge on any atom is -0.481 e. The van der Waals surface area contributed by atoms with Crippen molar-refractivity contribution in [3.05, 3.63) is 29.8 Å². The highest BCUT2D eigenvalue weighted by atomic mass is 16.5. The second-order valence-electron chi connectivity index (χ2n) is 6.91. The van der Waals surface area contributed by atoms with E-state index in [1.165, 1.54) is 0 Å². The zero-order valence-electron chi connectivity index (χ0n) is 14.1. The largest absolute Gasteiger partial charge is 0.481 e. The topological polar surface area (TPSA) is 84.9 Å². The first kappa shape index (κ1) is 16.1. The summed E-state index contributed by atoms with van der Waals surface area (Å²) in [6, 6.07) is 7.33. The van der Waals surface area contributed by atoms with Crippen molar-refractivity contribution in [3.63, 3.8) is 0 Å². The summed E-state index contributed by atoms with van der Waals surface area (Å²) in [7, 11) is 0. The van der Waals surface area contributed by atoms with Crippen molar-refractivity contribution >= 4 is 17.7 Å². The summed E-state index contributed by atoms with van der Waals surface area (Å²) in [5.74, 6) is -1.64. The average molecular weight is 344 g/mol. The van der Waals surface area contributed by atoms with E-state index in [2.05, 4.69) is 5.43 Å². The second-order valence-corrected chi connectivity index (χ2v) is 6.91. The second kappa shape index (κ2) is 5.84. The van der Waals surface area contributed by atoms with E-state index in [1.807, 2.05) is 25.1 Å². The van der Waals surface area contributed by atoms with Gasteiger partial charge in [0, 0.05) is 0 Å². The predicted molar refractivity (Wildman–Crippen MR) is 86.1 cm³/mol. The van der Waals surface area contributed by atoms with Crippen LogP contribution in [0.5, 0.6) is 5.75 Å². The van der Waals surface area contributed by atoms with Gasteiger partial charge in [-0.1, -0.05) is 12.1 Å². The Hall–Kier alpha value is -2.41. The predicted octanol–water partition coefficient (Wildman–Crippen LogP) is 0.956. The molecule has 3 saturated heterocycles. The molecule has 3 amide bonds. The standard InChI is InChI=1S/C18H20N2O5/c1-9-4-3-5-11(8-9)24-10(2)16(21)19-20-17(22)14-12-6-7-13(25-12)15(14)18(20)23/h3-5,8,10,12-15H,6-7H2,1-2H3,(H,19,21). The molecule has 132 valence electrons. The van der Waals surface area contributed by atoms with Crippen LogP contribution in [0.15, 0.2) is 24.3 Å². The fourth-order valence-corrected chi connectivity index (χ4v) is 3.97.